The fourth-order valence-corrected chi connectivity index (χ4v) is 1.78. The summed E-state index contributed by atoms with van der Waals surface area (Å²) in [5.74, 6) is -0.212. The Hall–Kier alpha value is -0.540. The van der Waals surface area contributed by atoms with Gasteiger partial charge in [-0.25, -0.2) is 4.39 Å². The molecule has 0 aliphatic rings. The van der Waals surface area contributed by atoms with Crippen molar-refractivity contribution in [2.45, 2.75) is 31.1 Å². The van der Waals surface area contributed by atoms with E-state index >= 15 is 0 Å². The summed E-state index contributed by atoms with van der Waals surface area (Å²) < 4.78 is 13.2. The van der Waals surface area contributed by atoms with Gasteiger partial charge in [-0.05, 0) is 49.9 Å². The van der Waals surface area contributed by atoms with Gasteiger partial charge in [0.2, 0.25) is 0 Å². The molecule has 1 aromatic rings. The molecule has 0 aliphatic carbocycles. The van der Waals surface area contributed by atoms with E-state index in [4.69, 9.17) is 5.73 Å². The van der Waals surface area contributed by atoms with E-state index < -0.39 is 0 Å². The Morgan fingerprint density at radius 1 is 1.36 bits per heavy atom. The second-order valence-corrected chi connectivity index (χ2v) is 3.97. The van der Waals surface area contributed by atoms with Gasteiger partial charge in [-0.15, -0.1) is 12.6 Å². The van der Waals surface area contributed by atoms with Gasteiger partial charge in [0, 0.05) is 4.90 Å². The molecule has 0 amide bonds. The third-order valence-corrected chi connectivity index (χ3v) is 2.54. The number of thiol groups is 1. The van der Waals surface area contributed by atoms with Crippen molar-refractivity contribution in [3.8, 4) is 0 Å². The van der Waals surface area contributed by atoms with Crippen LogP contribution in [0.15, 0.2) is 17.0 Å². The molecule has 78 valence electrons. The Kier molecular flexibility index (Phi) is 4.42. The molecule has 1 nitrogen and oxygen atoms in total. The molecule has 0 bridgehead atoms. The van der Waals surface area contributed by atoms with Crippen molar-refractivity contribution >= 4 is 12.6 Å². The SMILES string of the molecule is Cc1cc(CCCCN)cc(S)c1F. The molecule has 0 aromatic heterocycles. The number of hydrogen-bond donors (Lipinski definition) is 2. The summed E-state index contributed by atoms with van der Waals surface area (Å²) in [6, 6.07) is 3.67. The molecule has 0 heterocycles. The molecule has 0 saturated carbocycles. The van der Waals surface area contributed by atoms with Gasteiger partial charge in [0.1, 0.15) is 5.82 Å². The molecule has 0 radical (unpaired) electrons. The van der Waals surface area contributed by atoms with Crippen molar-refractivity contribution in [1.29, 1.82) is 0 Å². The lowest BCUT2D eigenvalue weighted by atomic mass is 10.1. The molecule has 0 spiro atoms. The summed E-state index contributed by atoms with van der Waals surface area (Å²) in [5.41, 5.74) is 7.21. The van der Waals surface area contributed by atoms with Gasteiger partial charge in [-0.2, -0.15) is 0 Å². The molecular weight excluding hydrogens is 197 g/mol. The van der Waals surface area contributed by atoms with Crippen LogP contribution in [0.1, 0.15) is 24.0 Å². The third-order valence-electron chi connectivity index (χ3n) is 2.21. The van der Waals surface area contributed by atoms with Gasteiger partial charge < -0.3 is 5.73 Å². The third kappa shape index (κ3) is 3.00. The zero-order valence-corrected chi connectivity index (χ0v) is 9.28. The molecular formula is C11H16FNS. The zero-order valence-electron chi connectivity index (χ0n) is 8.39. The first kappa shape index (κ1) is 11.5. The van der Waals surface area contributed by atoms with Gasteiger partial charge in [0.05, 0.1) is 0 Å². The molecule has 3 heteroatoms. The first-order valence-electron chi connectivity index (χ1n) is 4.83. The van der Waals surface area contributed by atoms with Crippen LogP contribution < -0.4 is 5.73 Å². The number of halogens is 1. The maximum Gasteiger partial charge on any atom is 0.139 e. The van der Waals surface area contributed by atoms with Gasteiger partial charge >= 0.3 is 0 Å². The van der Waals surface area contributed by atoms with Crippen LogP contribution in [0.25, 0.3) is 0 Å². The van der Waals surface area contributed by atoms with E-state index in [1.807, 2.05) is 6.07 Å². The lowest BCUT2D eigenvalue weighted by Gasteiger charge is -2.05. The standard InChI is InChI=1S/C11H16FNS/c1-8-6-9(4-2-3-5-13)7-10(14)11(8)12/h6-7,14H,2-5,13H2,1H3. The highest BCUT2D eigenvalue weighted by Gasteiger charge is 2.04. The summed E-state index contributed by atoms with van der Waals surface area (Å²) >= 11 is 4.08. The van der Waals surface area contributed by atoms with Crippen molar-refractivity contribution in [1.82, 2.24) is 0 Å². The highest BCUT2D eigenvalue weighted by Crippen LogP contribution is 2.19. The average molecular weight is 213 g/mol. The summed E-state index contributed by atoms with van der Waals surface area (Å²) in [4.78, 5) is 0.438. The van der Waals surface area contributed by atoms with E-state index in [-0.39, 0.29) is 5.82 Å². The summed E-state index contributed by atoms with van der Waals surface area (Å²) in [6.07, 6.45) is 3.01. The number of aryl methyl sites for hydroxylation is 2. The summed E-state index contributed by atoms with van der Waals surface area (Å²) in [7, 11) is 0. The summed E-state index contributed by atoms with van der Waals surface area (Å²) in [6.45, 7) is 2.48. The van der Waals surface area contributed by atoms with E-state index in [2.05, 4.69) is 12.6 Å². The van der Waals surface area contributed by atoms with Crippen LogP contribution in [0.4, 0.5) is 4.39 Å². The Morgan fingerprint density at radius 3 is 2.64 bits per heavy atom. The lowest BCUT2D eigenvalue weighted by Crippen LogP contribution is -1.99. The summed E-state index contributed by atoms with van der Waals surface area (Å²) in [5, 5.41) is 0. The fourth-order valence-electron chi connectivity index (χ4n) is 1.44. The molecule has 1 rings (SSSR count). The van der Waals surface area contributed by atoms with E-state index in [1.54, 1.807) is 13.0 Å². The Labute approximate surface area is 89.9 Å². The van der Waals surface area contributed by atoms with Gasteiger partial charge in [0.15, 0.2) is 0 Å². The molecule has 14 heavy (non-hydrogen) atoms. The zero-order chi connectivity index (χ0) is 10.6. The lowest BCUT2D eigenvalue weighted by molar-refractivity contribution is 0.591. The molecule has 0 saturated heterocycles. The number of unbranched alkanes of at least 4 members (excludes halogenated alkanes) is 1. The van der Waals surface area contributed by atoms with Crippen LogP contribution >= 0.6 is 12.6 Å². The smallest absolute Gasteiger partial charge is 0.139 e. The second-order valence-electron chi connectivity index (χ2n) is 3.49. The maximum absolute atomic E-state index is 13.2. The molecule has 0 aliphatic heterocycles. The highest BCUT2D eigenvalue weighted by molar-refractivity contribution is 7.80. The topological polar surface area (TPSA) is 26.0 Å². The second kappa shape index (κ2) is 5.37. The van der Waals surface area contributed by atoms with Crippen molar-refractivity contribution in [3.63, 3.8) is 0 Å². The van der Waals surface area contributed by atoms with Gasteiger partial charge in [-0.3, -0.25) is 0 Å². The van der Waals surface area contributed by atoms with E-state index in [0.29, 0.717) is 17.0 Å². The monoisotopic (exact) mass is 213 g/mol. The number of rotatable bonds is 4. The van der Waals surface area contributed by atoms with E-state index in [1.165, 1.54) is 0 Å². The first-order chi connectivity index (χ1) is 6.65. The Balaban J connectivity index is 2.69. The predicted molar refractivity (Wildman–Crippen MR) is 60.4 cm³/mol. The molecule has 0 unspecified atom stereocenters. The van der Waals surface area contributed by atoms with Crippen LogP contribution in [0.5, 0.6) is 0 Å². The average Bonchev–Trinajstić information content (AvgIpc) is 2.14. The van der Waals surface area contributed by atoms with Crippen LogP contribution in [-0.2, 0) is 6.42 Å². The number of nitrogens with two attached hydrogens (primary N) is 1. The van der Waals surface area contributed by atoms with Gasteiger partial charge in [-0.1, -0.05) is 6.07 Å². The van der Waals surface area contributed by atoms with Gasteiger partial charge in [0.25, 0.3) is 0 Å². The quantitative estimate of drug-likeness (QED) is 0.583. The van der Waals surface area contributed by atoms with Crippen LogP contribution in [0, 0.1) is 12.7 Å². The van der Waals surface area contributed by atoms with E-state index in [9.17, 15) is 4.39 Å². The van der Waals surface area contributed by atoms with Crippen LogP contribution in [0.3, 0.4) is 0 Å². The normalized spacial score (nSPS) is 10.6. The largest absolute Gasteiger partial charge is 0.330 e. The van der Waals surface area contributed by atoms with Crippen LogP contribution in [0.2, 0.25) is 0 Å². The van der Waals surface area contributed by atoms with Crippen molar-refractivity contribution in [3.05, 3.63) is 29.1 Å². The van der Waals surface area contributed by atoms with Crippen molar-refractivity contribution in [2.75, 3.05) is 6.54 Å². The van der Waals surface area contributed by atoms with Crippen molar-refractivity contribution in [2.24, 2.45) is 5.73 Å². The number of benzene rings is 1. The molecule has 1 aromatic carbocycles. The maximum atomic E-state index is 13.2. The molecule has 2 N–H and O–H groups in total. The minimum Gasteiger partial charge on any atom is -0.330 e. The minimum absolute atomic E-state index is 0.212. The van der Waals surface area contributed by atoms with E-state index in [0.717, 1.165) is 24.8 Å². The fraction of sp³-hybridized carbons (Fsp3) is 0.455. The number of hydrogen-bond acceptors (Lipinski definition) is 2. The minimum atomic E-state index is -0.212. The predicted octanol–water partition coefficient (Wildman–Crippen LogP) is 2.70. The Morgan fingerprint density at radius 2 is 2.07 bits per heavy atom. The van der Waals surface area contributed by atoms with Crippen LogP contribution in [-0.4, -0.2) is 6.54 Å². The van der Waals surface area contributed by atoms with Crippen molar-refractivity contribution < 1.29 is 4.39 Å². The highest BCUT2D eigenvalue weighted by atomic mass is 32.1. The molecule has 0 atom stereocenters. The Bertz CT molecular complexity index is 289. The first-order valence-corrected chi connectivity index (χ1v) is 5.28. The molecule has 0 fully saturated rings.